The highest BCUT2D eigenvalue weighted by molar-refractivity contribution is 5.83. The average molecular weight is 345 g/mol. The zero-order valence-corrected chi connectivity index (χ0v) is 14.9. The number of aliphatic hydroxyl groups is 1. The first-order chi connectivity index (χ1) is 12.2. The Morgan fingerprint density at radius 2 is 1.96 bits per heavy atom. The van der Waals surface area contributed by atoms with E-state index in [1.807, 2.05) is 17.0 Å². The summed E-state index contributed by atoms with van der Waals surface area (Å²) in [6, 6.07) is 6.06. The van der Waals surface area contributed by atoms with E-state index in [-0.39, 0.29) is 23.8 Å². The largest absolute Gasteiger partial charge is 0.486 e. The minimum Gasteiger partial charge on any atom is -0.486 e. The van der Waals surface area contributed by atoms with Gasteiger partial charge in [0, 0.05) is 25.6 Å². The van der Waals surface area contributed by atoms with Gasteiger partial charge in [-0.05, 0) is 54.7 Å². The molecule has 0 spiro atoms. The fourth-order valence-corrected chi connectivity index (χ4v) is 4.19. The summed E-state index contributed by atoms with van der Waals surface area (Å²) in [5.74, 6) is 2.29. The van der Waals surface area contributed by atoms with Gasteiger partial charge in [-0.15, -0.1) is 0 Å². The second-order valence-electron chi connectivity index (χ2n) is 7.69. The molecule has 1 aromatic rings. The first-order valence-corrected chi connectivity index (χ1v) is 9.45. The summed E-state index contributed by atoms with van der Waals surface area (Å²) < 4.78 is 11.2. The van der Waals surface area contributed by atoms with Crippen LogP contribution in [0.25, 0.3) is 0 Å². The Morgan fingerprint density at radius 1 is 1.24 bits per heavy atom. The van der Waals surface area contributed by atoms with E-state index in [0.717, 1.165) is 50.3 Å². The van der Waals surface area contributed by atoms with Crippen molar-refractivity contribution in [2.75, 3.05) is 32.9 Å². The molecule has 1 saturated carbocycles. The van der Waals surface area contributed by atoms with Gasteiger partial charge in [0.2, 0.25) is 5.91 Å². The lowest BCUT2D eigenvalue weighted by Crippen LogP contribution is -2.45. The molecule has 0 unspecified atom stereocenters. The molecule has 1 saturated heterocycles. The summed E-state index contributed by atoms with van der Waals surface area (Å²) in [5, 5.41) is 9.65. The van der Waals surface area contributed by atoms with E-state index < -0.39 is 0 Å². The van der Waals surface area contributed by atoms with E-state index in [2.05, 4.69) is 13.0 Å². The van der Waals surface area contributed by atoms with E-state index >= 15 is 0 Å². The molecule has 1 amide bonds. The van der Waals surface area contributed by atoms with Crippen molar-refractivity contribution in [1.29, 1.82) is 0 Å². The molecule has 0 bridgehead atoms. The Bertz CT molecular complexity index is 645. The molecule has 2 aliphatic heterocycles. The number of hydrogen-bond donors (Lipinski definition) is 1. The number of likely N-dealkylation sites (tertiary alicyclic amines) is 1. The minimum atomic E-state index is 0.0234. The second kappa shape index (κ2) is 6.52. The van der Waals surface area contributed by atoms with Crippen molar-refractivity contribution in [1.82, 2.24) is 4.90 Å². The summed E-state index contributed by atoms with van der Waals surface area (Å²) in [4.78, 5) is 14.8. The van der Waals surface area contributed by atoms with Crippen molar-refractivity contribution in [3.05, 3.63) is 23.8 Å². The molecular formula is C20H27NO4. The van der Waals surface area contributed by atoms with Crippen LogP contribution in [0.3, 0.4) is 0 Å². The van der Waals surface area contributed by atoms with Crippen LogP contribution in [0.4, 0.5) is 0 Å². The molecule has 1 aliphatic carbocycles. The third-order valence-electron chi connectivity index (χ3n) is 6.32. The number of rotatable bonds is 4. The number of benzene rings is 1. The van der Waals surface area contributed by atoms with Crippen LogP contribution in [0.5, 0.6) is 11.5 Å². The number of hydrogen-bond acceptors (Lipinski definition) is 4. The van der Waals surface area contributed by atoms with Gasteiger partial charge in [0.1, 0.15) is 13.2 Å². The van der Waals surface area contributed by atoms with E-state index in [9.17, 15) is 9.90 Å². The van der Waals surface area contributed by atoms with Gasteiger partial charge in [0.15, 0.2) is 11.5 Å². The van der Waals surface area contributed by atoms with Crippen molar-refractivity contribution in [2.45, 2.75) is 38.5 Å². The number of carbonyl (C=O) groups is 1. The van der Waals surface area contributed by atoms with Crippen molar-refractivity contribution in [3.63, 3.8) is 0 Å². The first kappa shape index (κ1) is 16.7. The summed E-state index contributed by atoms with van der Waals surface area (Å²) in [5.41, 5.74) is 1.20. The molecule has 5 heteroatoms. The van der Waals surface area contributed by atoms with Gasteiger partial charge in [-0.2, -0.15) is 0 Å². The van der Waals surface area contributed by atoms with Crippen LogP contribution in [-0.2, 0) is 4.79 Å². The normalized spacial score (nSPS) is 27.0. The molecule has 2 heterocycles. The molecule has 3 aliphatic rings. The van der Waals surface area contributed by atoms with E-state index in [1.165, 1.54) is 5.56 Å². The quantitative estimate of drug-likeness (QED) is 0.911. The molecule has 1 aromatic carbocycles. The van der Waals surface area contributed by atoms with E-state index in [1.54, 1.807) is 0 Å². The molecule has 0 aromatic heterocycles. The maximum absolute atomic E-state index is 12.8. The van der Waals surface area contributed by atoms with Crippen LogP contribution in [0, 0.1) is 11.3 Å². The van der Waals surface area contributed by atoms with Crippen molar-refractivity contribution in [3.8, 4) is 11.5 Å². The molecule has 25 heavy (non-hydrogen) atoms. The third-order valence-corrected chi connectivity index (χ3v) is 6.32. The van der Waals surface area contributed by atoms with Crippen LogP contribution in [-0.4, -0.2) is 48.8 Å². The summed E-state index contributed by atoms with van der Waals surface area (Å²) in [7, 11) is 0. The smallest absolute Gasteiger partial charge is 0.226 e. The Balaban J connectivity index is 1.38. The highest BCUT2D eigenvalue weighted by Crippen LogP contribution is 2.50. The van der Waals surface area contributed by atoms with Crippen molar-refractivity contribution in [2.24, 2.45) is 11.3 Å². The lowest BCUT2D eigenvalue weighted by Gasteiger charge is -2.40. The third kappa shape index (κ3) is 3.10. The number of piperidine rings is 1. The predicted octanol–water partition coefficient (Wildman–Crippen LogP) is 2.57. The monoisotopic (exact) mass is 345 g/mol. The molecule has 1 N–H and O–H groups in total. The molecule has 4 rings (SSSR count). The number of carbonyl (C=O) groups excluding carboxylic acids is 1. The van der Waals surface area contributed by atoms with Crippen molar-refractivity contribution >= 4 is 5.91 Å². The van der Waals surface area contributed by atoms with Gasteiger partial charge < -0.3 is 19.5 Å². The fraction of sp³-hybridized carbons (Fsp3) is 0.650. The van der Waals surface area contributed by atoms with Crippen LogP contribution in [0.1, 0.15) is 44.1 Å². The van der Waals surface area contributed by atoms with Crippen molar-refractivity contribution < 1.29 is 19.4 Å². The zero-order valence-electron chi connectivity index (χ0n) is 14.9. The maximum Gasteiger partial charge on any atom is 0.226 e. The number of fused-ring (bicyclic) bond motifs is 1. The van der Waals surface area contributed by atoms with E-state index in [0.29, 0.717) is 19.1 Å². The number of ether oxygens (including phenoxy) is 2. The van der Waals surface area contributed by atoms with Gasteiger partial charge in [-0.1, -0.05) is 13.0 Å². The molecule has 2 atom stereocenters. The fourth-order valence-electron chi connectivity index (χ4n) is 4.19. The molecule has 0 radical (unpaired) electrons. The topological polar surface area (TPSA) is 59.0 Å². The van der Waals surface area contributed by atoms with Gasteiger partial charge in [-0.3, -0.25) is 4.79 Å². The van der Waals surface area contributed by atoms with Crippen LogP contribution in [0.2, 0.25) is 0 Å². The molecule has 136 valence electrons. The highest BCUT2D eigenvalue weighted by atomic mass is 16.6. The maximum atomic E-state index is 12.8. The first-order valence-electron chi connectivity index (χ1n) is 9.45. The van der Waals surface area contributed by atoms with Gasteiger partial charge in [-0.25, -0.2) is 0 Å². The van der Waals surface area contributed by atoms with E-state index in [4.69, 9.17) is 9.47 Å². The SMILES string of the molecule is CCC1(CO)CCN(C(=O)[C@H]2C[C@@H]2c2ccc3c(c2)OCCO3)CC1. The highest BCUT2D eigenvalue weighted by Gasteiger charge is 2.47. The molecule has 5 nitrogen and oxygen atoms in total. The van der Waals surface area contributed by atoms with Gasteiger partial charge in [0.05, 0.1) is 0 Å². The standard InChI is InChI=1S/C20H27NO4/c1-2-20(13-22)5-7-21(8-6-20)19(23)16-12-15(16)14-3-4-17-18(11-14)25-10-9-24-17/h3-4,11,15-16,22H,2,5-10,12-13H2,1H3/t15-,16+/m1/s1. The Labute approximate surface area is 148 Å². The Hall–Kier alpha value is -1.75. The van der Waals surface area contributed by atoms with Gasteiger partial charge in [0.25, 0.3) is 0 Å². The Morgan fingerprint density at radius 3 is 2.64 bits per heavy atom. The lowest BCUT2D eigenvalue weighted by molar-refractivity contribution is -0.135. The summed E-state index contributed by atoms with van der Waals surface area (Å²) in [6.07, 6.45) is 3.73. The molecular weight excluding hydrogens is 318 g/mol. The Kier molecular flexibility index (Phi) is 4.36. The summed E-state index contributed by atoms with van der Waals surface area (Å²) in [6.45, 7) is 5.09. The lowest BCUT2D eigenvalue weighted by atomic mass is 9.77. The minimum absolute atomic E-state index is 0.0234. The second-order valence-corrected chi connectivity index (χ2v) is 7.69. The number of nitrogens with zero attached hydrogens (tertiary/aromatic N) is 1. The van der Waals surface area contributed by atoms with Crippen LogP contribution < -0.4 is 9.47 Å². The zero-order chi connectivity index (χ0) is 17.4. The average Bonchev–Trinajstić information content (AvgIpc) is 3.48. The molecule has 2 fully saturated rings. The van der Waals surface area contributed by atoms with Gasteiger partial charge >= 0.3 is 0 Å². The number of aliphatic hydroxyl groups excluding tert-OH is 1. The van der Waals surface area contributed by atoms with Crippen LogP contribution >= 0.6 is 0 Å². The predicted molar refractivity (Wildman–Crippen MR) is 93.9 cm³/mol. The summed E-state index contributed by atoms with van der Waals surface area (Å²) >= 11 is 0. The van der Waals surface area contributed by atoms with Crippen LogP contribution in [0.15, 0.2) is 18.2 Å². The number of amides is 1.